The van der Waals surface area contributed by atoms with Crippen LogP contribution in [-0.4, -0.2) is 23.2 Å². The van der Waals surface area contributed by atoms with Crippen LogP contribution in [0.5, 0.6) is 11.5 Å². The number of hydrogen-bond acceptors (Lipinski definition) is 4. The van der Waals surface area contributed by atoms with Gasteiger partial charge in [-0.3, -0.25) is 4.57 Å². The molecule has 6 aromatic rings. The molecule has 0 spiro atoms. The molecule has 5 nitrogen and oxygen atoms in total. The van der Waals surface area contributed by atoms with Crippen molar-refractivity contribution >= 4 is 38.9 Å². The van der Waals surface area contributed by atoms with Gasteiger partial charge in [-0.15, -0.1) is 0 Å². The lowest BCUT2D eigenvalue weighted by molar-refractivity contribution is 0.483. The van der Waals surface area contributed by atoms with Gasteiger partial charge in [0.1, 0.15) is 17.3 Å². The first-order chi connectivity index (χ1) is 20.6. The highest BCUT2D eigenvalue weighted by atomic mass is 16.5. The third kappa shape index (κ3) is 3.59. The van der Waals surface area contributed by atoms with E-state index in [2.05, 4.69) is 4.98 Å². The third-order valence-corrected chi connectivity index (χ3v) is 6.73. The number of anilines is 3. The van der Waals surface area contributed by atoms with Gasteiger partial charge in [-0.1, -0.05) is 36.4 Å². The van der Waals surface area contributed by atoms with Crippen molar-refractivity contribution in [3.8, 4) is 17.3 Å². The Bertz CT molecular complexity index is 2000. The Morgan fingerprint density at radius 2 is 1.59 bits per heavy atom. The maximum atomic E-state index is 8.00. The summed E-state index contributed by atoms with van der Waals surface area (Å²) in [5.41, 5.74) is 4.22. The van der Waals surface area contributed by atoms with Crippen molar-refractivity contribution in [3.63, 3.8) is 0 Å². The van der Waals surface area contributed by atoms with Gasteiger partial charge in [-0.05, 0) is 67.0 Å². The quantitative estimate of drug-likeness (QED) is 0.253. The van der Waals surface area contributed by atoms with E-state index in [1.54, 1.807) is 6.07 Å². The number of ether oxygens (including phenoxy) is 1. The molecule has 3 heterocycles. The van der Waals surface area contributed by atoms with Crippen molar-refractivity contribution < 1.29 is 13.0 Å². The Kier molecular flexibility index (Phi) is 3.66. The van der Waals surface area contributed by atoms with Crippen LogP contribution in [0.4, 0.5) is 17.1 Å². The Morgan fingerprint density at radius 3 is 2.51 bits per heavy atom. The van der Waals surface area contributed by atoms with E-state index in [1.807, 2.05) is 100 Å². The van der Waals surface area contributed by atoms with Crippen LogP contribution in [0.15, 0.2) is 109 Å². The van der Waals surface area contributed by atoms with Gasteiger partial charge < -0.3 is 14.5 Å². The largest absolute Gasteiger partial charge is 0.457 e. The van der Waals surface area contributed by atoms with E-state index >= 15 is 0 Å². The summed E-state index contributed by atoms with van der Waals surface area (Å²) in [6, 6.07) is 31.9. The van der Waals surface area contributed by atoms with Crippen LogP contribution in [0.3, 0.4) is 0 Å². The van der Waals surface area contributed by atoms with Gasteiger partial charge in [0.15, 0.2) is 0 Å². The molecule has 180 valence electrons. The minimum Gasteiger partial charge on any atom is -0.457 e. The zero-order valence-electron chi connectivity index (χ0n) is 25.8. The Morgan fingerprint density at radius 1 is 0.757 bits per heavy atom. The molecule has 2 aromatic heterocycles. The number of hydrogen-bond donors (Lipinski definition) is 0. The van der Waals surface area contributed by atoms with Crippen LogP contribution in [0.1, 0.15) is 13.8 Å². The minimum atomic E-state index is -2.27. The number of para-hydroxylation sites is 3. The Hall–Kier alpha value is -4.77. The summed E-state index contributed by atoms with van der Waals surface area (Å²) in [7, 11) is 0. The van der Waals surface area contributed by atoms with Gasteiger partial charge in [0, 0.05) is 50.0 Å². The number of rotatable bonds is 4. The fourth-order valence-corrected chi connectivity index (χ4v) is 5.09. The molecular weight excluding hydrogens is 456 g/mol. The SMILES string of the molecule is [2H]C([2H])([2H])c1ccnc(-n2c3ccccc3c3ccc(Oc4cccc(N5CN(C([2H])([2H])[2H])c6ccccc65)c4)cc32)c1. The average molecular weight is 489 g/mol. The standard InChI is InChI=1S/C32H26N4O/c1-22-16-17-33-32(18-22)36-28-11-4-3-10-26(28)27-15-14-25(20-31(27)36)37-24-9-7-8-23(19-24)35-21-34(2)29-12-5-6-13-30(29)35/h3-20H,21H2,1-2H3/i1D3,2D3. The molecule has 0 N–H and O–H groups in total. The zero-order valence-corrected chi connectivity index (χ0v) is 19.8. The maximum absolute atomic E-state index is 8.00. The van der Waals surface area contributed by atoms with E-state index in [0.29, 0.717) is 23.0 Å². The highest BCUT2D eigenvalue weighted by Crippen LogP contribution is 2.41. The molecule has 0 saturated carbocycles. The molecule has 0 saturated heterocycles. The summed E-state index contributed by atoms with van der Waals surface area (Å²) in [6.45, 7) is -4.34. The lowest BCUT2D eigenvalue weighted by Crippen LogP contribution is -2.23. The fraction of sp³-hybridized carbons (Fsp3) is 0.0938. The van der Waals surface area contributed by atoms with Crippen molar-refractivity contribution in [1.82, 2.24) is 9.55 Å². The first-order valence-corrected chi connectivity index (χ1v) is 12.0. The van der Waals surface area contributed by atoms with Gasteiger partial charge in [-0.25, -0.2) is 4.98 Å². The number of aryl methyl sites for hydroxylation is 1. The minimum absolute atomic E-state index is 0.188. The molecule has 0 atom stereocenters. The normalized spacial score (nSPS) is 16.0. The predicted molar refractivity (Wildman–Crippen MR) is 152 cm³/mol. The molecule has 0 unspecified atom stereocenters. The van der Waals surface area contributed by atoms with E-state index in [9.17, 15) is 0 Å². The summed E-state index contributed by atoms with van der Waals surface area (Å²) in [4.78, 5) is 7.90. The van der Waals surface area contributed by atoms with Gasteiger partial charge in [0.25, 0.3) is 0 Å². The zero-order chi connectivity index (χ0) is 29.9. The maximum Gasteiger partial charge on any atom is 0.137 e. The van der Waals surface area contributed by atoms with Gasteiger partial charge in [-0.2, -0.15) is 0 Å². The second kappa shape index (κ2) is 8.42. The molecule has 5 heteroatoms. The molecule has 1 aliphatic heterocycles. The molecule has 0 fully saturated rings. The van der Waals surface area contributed by atoms with Crippen LogP contribution in [0.2, 0.25) is 0 Å². The monoisotopic (exact) mass is 488 g/mol. The summed E-state index contributed by atoms with van der Waals surface area (Å²) in [5, 5.41) is 2.00. The number of pyridine rings is 1. The van der Waals surface area contributed by atoms with Crippen molar-refractivity contribution in [3.05, 3.63) is 115 Å². The average Bonchev–Trinajstić information content (AvgIpc) is 3.53. The molecule has 1 aliphatic rings. The van der Waals surface area contributed by atoms with E-state index in [-0.39, 0.29) is 12.2 Å². The van der Waals surface area contributed by atoms with Crippen molar-refractivity contribution in [2.24, 2.45) is 0 Å². The molecule has 0 radical (unpaired) electrons. The van der Waals surface area contributed by atoms with Gasteiger partial charge in [0.2, 0.25) is 0 Å². The molecule has 0 amide bonds. The molecular formula is C32H26N4O. The molecule has 4 aromatic carbocycles. The van der Waals surface area contributed by atoms with Crippen LogP contribution < -0.4 is 14.5 Å². The van der Waals surface area contributed by atoms with Crippen LogP contribution in [0.25, 0.3) is 27.6 Å². The highest BCUT2D eigenvalue weighted by Gasteiger charge is 2.24. The first kappa shape index (κ1) is 16.1. The summed E-state index contributed by atoms with van der Waals surface area (Å²) in [5.74, 6) is 1.68. The summed E-state index contributed by atoms with van der Waals surface area (Å²) in [6.07, 6.45) is 1.52. The van der Waals surface area contributed by atoms with Crippen molar-refractivity contribution in [1.29, 1.82) is 0 Å². The van der Waals surface area contributed by atoms with Gasteiger partial charge >= 0.3 is 0 Å². The fourth-order valence-electron chi connectivity index (χ4n) is 5.09. The molecule has 37 heavy (non-hydrogen) atoms. The van der Waals surface area contributed by atoms with E-state index < -0.39 is 13.8 Å². The Balaban J connectivity index is 1.28. The second-order valence-electron chi connectivity index (χ2n) is 9.02. The smallest absolute Gasteiger partial charge is 0.137 e. The van der Waals surface area contributed by atoms with Crippen LogP contribution >= 0.6 is 0 Å². The lowest BCUT2D eigenvalue weighted by atomic mass is 10.1. The number of benzene rings is 4. The van der Waals surface area contributed by atoms with Crippen LogP contribution in [-0.2, 0) is 0 Å². The topological polar surface area (TPSA) is 33.5 Å². The third-order valence-electron chi connectivity index (χ3n) is 6.73. The molecule has 0 aliphatic carbocycles. The first-order valence-electron chi connectivity index (χ1n) is 15.0. The predicted octanol–water partition coefficient (Wildman–Crippen LogP) is 7.82. The lowest BCUT2D eigenvalue weighted by Gasteiger charge is -2.20. The Labute approximate surface area is 224 Å². The number of nitrogens with zero attached hydrogens (tertiary/aromatic N) is 4. The van der Waals surface area contributed by atoms with E-state index in [4.69, 9.17) is 13.0 Å². The second-order valence-corrected chi connectivity index (χ2v) is 9.02. The summed E-state index contributed by atoms with van der Waals surface area (Å²) < 4.78 is 56.0. The highest BCUT2D eigenvalue weighted by molar-refractivity contribution is 6.09. The van der Waals surface area contributed by atoms with Crippen molar-refractivity contribution in [2.45, 2.75) is 6.85 Å². The molecule has 0 bridgehead atoms. The summed E-state index contributed by atoms with van der Waals surface area (Å²) >= 11 is 0. The van der Waals surface area contributed by atoms with E-state index in [1.165, 1.54) is 17.2 Å². The van der Waals surface area contributed by atoms with Crippen molar-refractivity contribution in [2.75, 3.05) is 23.4 Å². The number of aromatic nitrogens is 2. The van der Waals surface area contributed by atoms with Gasteiger partial charge in [0.05, 0.1) is 29.1 Å². The van der Waals surface area contributed by atoms with E-state index in [0.717, 1.165) is 33.2 Å². The van der Waals surface area contributed by atoms with Crippen LogP contribution in [0, 0.1) is 6.85 Å². The molecule has 7 rings (SSSR count). The number of fused-ring (bicyclic) bond motifs is 4.